The number of carbonyl (C=O) groups is 2. The Morgan fingerprint density at radius 2 is 1.95 bits per heavy atom. The first kappa shape index (κ1) is 18.7. The number of carboxylic acid groups (broad SMARTS) is 1. The van der Waals surface area contributed by atoms with E-state index in [-0.39, 0.29) is 18.5 Å². The van der Waals surface area contributed by atoms with Crippen LogP contribution < -0.4 is 10.6 Å². The molecule has 0 bridgehead atoms. The van der Waals surface area contributed by atoms with Crippen molar-refractivity contribution in [3.63, 3.8) is 0 Å². The van der Waals surface area contributed by atoms with E-state index >= 15 is 0 Å². The first-order chi connectivity index (χ1) is 9.36. The Morgan fingerprint density at radius 3 is 2.45 bits per heavy atom. The maximum absolute atomic E-state index is 11.7. The summed E-state index contributed by atoms with van der Waals surface area (Å²) in [5.74, 6) is -0.887. The summed E-state index contributed by atoms with van der Waals surface area (Å²) in [6.45, 7) is 7.74. The minimum Gasteiger partial charge on any atom is -0.481 e. The molecular weight excluding hydrogens is 258 g/mol. The van der Waals surface area contributed by atoms with Crippen LogP contribution in [0.25, 0.3) is 0 Å². The molecule has 20 heavy (non-hydrogen) atoms. The van der Waals surface area contributed by atoms with Crippen LogP contribution in [0.1, 0.15) is 46.5 Å². The van der Waals surface area contributed by atoms with E-state index in [1.54, 1.807) is 0 Å². The molecule has 0 aromatic heterocycles. The van der Waals surface area contributed by atoms with E-state index in [1.807, 2.05) is 6.92 Å². The second-order valence-electron chi connectivity index (χ2n) is 5.41. The molecule has 1 unspecified atom stereocenters. The fraction of sp³-hybridized carbons (Fsp3) is 0.857. The smallest absolute Gasteiger partial charge is 0.315 e. The van der Waals surface area contributed by atoms with Gasteiger partial charge < -0.3 is 20.6 Å². The second-order valence-corrected chi connectivity index (χ2v) is 5.41. The van der Waals surface area contributed by atoms with Gasteiger partial charge in [0.15, 0.2) is 0 Å². The molecule has 0 aliphatic carbocycles. The molecule has 3 N–H and O–H groups in total. The number of nitrogens with one attached hydrogen (secondary N) is 2. The van der Waals surface area contributed by atoms with Gasteiger partial charge in [-0.1, -0.05) is 13.3 Å². The fourth-order valence-electron chi connectivity index (χ4n) is 1.81. The molecule has 0 saturated carbocycles. The van der Waals surface area contributed by atoms with Crippen LogP contribution in [0.4, 0.5) is 4.79 Å². The summed E-state index contributed by atoms with van der Waals surface area (Å²) in [5.41, 5.74) is 0. The minimum absolute atomic E-state index is 0.0304. The van der Waals surface area contributed by atoms with Gasteiger partial charge in [-0.05, 0) is 40.3 Å². The maximum atomic E-state index is 11.7. The lowest BCUT2D eigenvalue weighted by molar-refractivity contribution is -0.137. The molecule has 0 aromatic rings. The molecule has 1 atom stereocenters. The van der Waals surface area contributed by atoms with Gasteiger partial charge in [0.25, 0.3) is 0 Å². The zero-order chi connectivity index (χ0) is 15.5. The van der Waals surface area contributed by atoms with Crippen LogP contribution >= 0.6 is 0 Å². The number of rotatable bonds is 10. The Bertz CT molecular complexity index is 295. The van der Waals surface area contributed by atoms with Gasteiger partial charge in [-0.2, -0.15) is 0 Å². The topological polar surface area (TPSA) is 81.7 Å². The number of amides is 2. The van der Waals surface area contributed by atoms with Crippen molar-refractivity contribution >= 4 is 12.0 Å². The van der Waals surface area contributed by atoms with Gasteiger partial charge in [-0.15, -0.1) is 0 Å². The first-order valence-electron chi connectivity index (χ1n) is 7.33. The van der Waals surface area contributed by atoms with E-state index in [2.05, 4.69) is 36.4 Å². The Morgan fingerprint density at radius 1 is 1.30 bits per heavy atom. The van der Waals surface area contributed by atoms with Gasteiger partial charge >= 0.3 is 12.0 Å². The summed E-state index contributed by atoms with van der Waals surface area (Å²) in [4.78, 5) is 24.6. The van der Waals surface area contributed by atoms with Crippen molar-refractivity contribution in [2.45, 2.75) is 58.5 Å². The van der Waals surface area contributed by atoms with E-state index < -0.39 is 5.97 Å². The highest BCUT2D eigenvalue weighted by Crippen LogP contribution is 2.01. The van der Waals surface area contributed by atoms with Gasteiger partial charge in [0.05, 0.1) is 6.42 Å². The molecule has 0 rings (SSSR count). The van der Waals surface area contributed by atoms with Gasteiger partial charge in [-0.25, -0.2) is 4.79 Å². The highest BCUT2D eigenvalue weighted by Gasteiger charge is 2.14. The van der Waals surface area contributed by atoms with Crippen molar-refractivity contribution in [1.29, 1.82) is 0 Å². The summed E-state index contributed by atoms with van der Waals surface area (Å²) in [6.07, 6.45) is 2.37. The molecule has 0 aliphatic heterocycles. The number of nitrogens with zero attached hydrogens (tertiary/aromatic N) is 1. The minimum atomic E-state index is -0.887. The molecular formula is C14H29N3O3. The molecule has 6 nitrogen and oxygen atoms in total. The zero-order valence-corrected chi connectivity index (χ0v) is 13.1. The monoisotopic (exact) mass is 287 g/mol. The number of carbonyl (C=O) groups excluding carboxylic acids is 1. The average molecular weight is 287 g/mol. The van der Waals surface area contributed by atoms with Gasteiger partial charge in [0.2, 0.25) is 0 Å². The molecule has 0 aromatic carbocycles. The molecule has 0 fully saturated rings. The van der Waals surface area contributed by atoms with E-state index in [4.69, 9.17) is 5.11 Å². The SMILES string of the molecule is CCCC(CC(=O)O)NC(=O)NCCCN(C)C(C)C. The van der Waals surface area contributed by atoms with E-state index in [1.165, 1.54) is 0 Å². The Balaban J connectivity index is 3.87. The molecule has 2 amide bonds. The zero-order valence-electron chi connectivity index (χ0n) is 13.1. The lowest BCUT2D eigenvalue weighted by atomic mass is 10.1. The predicted molar refractivity (Wildman–Crippen MR) is 79.9 cm³/mol. The Kier molecular flexibility index (Phi) is 9.80. The van der Waals surface area contributed by atoms with Crippen LogP contribution in [-0.4, -0.2) is 54.2 Å². The van der Waals surface area contributed by atoms with Crippen LogP contribution in [0.15, 0.2) is 0 Å². The number of aliphatic carboxylic acids is 1. The third kappa shape index (κ3) is 9.61. The maximum Gasteiger partial charge on any atom is 0.315 e. The summed E-state index contributed by atoms with van der Waals surface area (Å²) in [5, 5.41) is 14.3. The number of urea groups is 1. The highest BCUT2D eigenvalue weighted by atomic mass is 16.4. The van der Waals surface area contributed by atoms with Crippen LogP contribution in [0.3, 0.4) is 0 Å². The fourth-order valence-corrected chi connectivity index (χ4v) is 1.81. The van der Waals surface area contributed by atoms with E-state index in [0.29, 0.717) is 19.0 Å². The number of carboxylic acids is 1. The molecule has 0 saturated heterocycles. The standard InChI is InChI=1S/C14H29N3O3/c1-5-7-12(10-13(18)19)16-14(20)15-8-6-9-17(4)11(2)3/h11-12H,5-10H2,1-4H3,(H,18,19)(H2,15,16,20). The van der Waals surface area contributed by atoms with E-state index in [0.717, 1.165) is 19.4 Å². The van der Waals surface area contributed by atoms with Gasteiger partial charge in [0.1, 0.15) is 0 Å². The normalized spacial score (nSPS) is 12.5. The highest BCUT2D eigenvalue weighted by molar-refractivity contribution is 5.75. The Hall–Kier alpha value is -1.30. The molecule has 0 aliphatic rings. The molecule has 0 radical (unpaired) electrons. The van der Waals surface area contributed by atoms with Crippen molar-refractivity contribution in [3.05, 3.63) is 0 Å². The average Bonchev–Trinajstić information content (AvgIpc) is 2.33. The van der Waals surface area contributed by atoms with Crippen molar-refractivity contribution in [2.75, 3.05) is 20.1 Å². The summed E-state index contributed by atoms with van der Waals surface area (Å²) in [6, 6.07) is -0.0823. The number of hydrogen-bond acceptors (Lipinski definition) is 3. The van der Waals surface area contributed by atoms with Crippen LogP contribution in [0.5, 0.6) is 0 Å². The third-order valence-electron chi connectivity index (χ3n) is 3.25. The first-order valence-corrected chi connectivity index (χ1v) is 7.33. The number of hydrogen-bond donors (Lipinski definition) is 3. The third-order valence-corrected chi connectivity index (χ3v) is 3.25. The summed E-state index contributed by atoms with van der Waals surface area (Å²) >= 11 is 0. The lowest BCUT2D eigenvalue weighted by Gasteiger charge is -2.21. The molecule has 6 heteroatoms. The summed E-state index contributed by atoms with van der Waals surface area (Å²) < 4.78 is 0. The molecule has 118 valence electrons. The predicted octanol–water partition coefficient (Wildman–Crippen LogP) is 1.66. The second kappa shape index (κ2) is 10.5. The molecule has 0 heterocycles. The van der Waals surface area contributed by atoms with Crippen molar-refractivity contribution in [1.82, 2.24) is 15.5 Å². The quantitative estimate of drug-likeness (QED) is 0.534. The van der Waals surface area contributed by atoms with Crippen LogP contribution in [-0.2, 0) is 4.79 Å². The van der Waals surface area contributed by atoms with Crippen molar-refractivity contribution in [3.8, 4) is 0 Å². The van der Waals surface area contributed by atoms with Crippen molar-refractivity contribution < 1.29 is 14.7 Å². The van der Waals surface area contributed by atoms with Gasteiger partial charge in [-0.3, -0.25) is 4.79 Å². The lowest BCUT2D eigenvalue weighted by Crippen LogP contribution is -2.43. The van der Waals surface area contributed by atoms with Crippen LogP contribution in [0.2, 0.25) is 0 Å². The molecule has 0 spiro atoms. The largest absolute Gasteiger partial charge is 0.481 e. The Labute approximate surface area is 121 Å². The van der Waals surface area contributed by atoms with Crippen molar-refractivity contribution in [2.24, 2.45) is 0 Å². The van der Waals surface area contributed by atoms with Crippen LogP contribution in [0, 0.1) is 0 Å². The summed E-state index contributed by atoms with van der Waals surface area (Å²) in [7, 11) is 2.05. The van der Waals surface area contributed by atoms with E-state index in [9.17, 15) is 9.59 Å². The van der Waals surface area contributed by atoms with Gasteiger partial charge in [0, 0.05) is 18.6 Å².